The predicted molar refractivity (Wildman–Crippen MR) is 423 cm³/mol. The first kappa shape index (κ1) is 84.2. The van der Waals surface area contributed by atoms with Crippen molar-refractivity contribution in [2.45, 2.75) is 257 Å². The van der Waals surface area contributed by atoms with Crippen LogP contribution in [0.5, 0.6) is 0 Å². The van der Waals surface area contributed by atoms with Crippen LogP contribution in [0, 0.1) is 34.0 Å². The minimum atomic E-state index is 0.356. The fourth-order valence-corrected chi connectivity index (χ4v) is 16.2. The zero-order valence-electron chi connectivity index (χ0n) is 66.0. The molecule has 0 spiro atoms. The maximum atomic E-state index is 5.96. The first-order chi connectivity index (χ1) is 48.4. The Morgan fingerprint density at radius 1 is 0.430 bits per heavy atom. The Morgan fingerprint density at radius 3 is 1.53 bits per heavy atom. The summed E-state index contributed by atoms with van der Waals surface area (Å²) in [5, 5.41) is 2.84. The quantitative estimate of drug-likeness (QED) is 0.0623. The largest absolute Gasteiger partial charge is 0.382 e. The second-order valence-corrected chi connectivity index (χ2v) is 31.2. The average molecular weight is 1370 g/mol. The highest BCUT2D eigenvalue weighted by atomic mass is 16.5. The number of hydrogen-bond donors (Lipinski definition) is 0. The number of benzene rings is 6. The van der Waals surface area contributed by atoms with Crippen LogP contribution in [-0.4, -0.2) is 98.1 Å². The van der Waals surface area contributed by atoms with Gasteiger partial charge in [0.2, 0.25) is 0 Å². The molecule has 8 unspecified atom stereocenters. The Hall–Kier alpha value is -4.74. The van der Waals surface area contributed by atoms with Crippen LogP contribution >= 0.6 is 0 Å². The van der Waals surface area contributed by atoms with Gasteiger partial charge >= 0.3 is 0 Å². The maximum Gasteiger partial charge on any atom is 0.0827 e. The fourth-order valence-electron chi connectivity index (χ4n) is 16.2. The van der Waals surface area contributed by atoms with Gasteiger partial charge in [0, 0.05) is 84.5 Å². The van der Waals surface area contributed by atoms with E-state index in [1.54, 1.807) is 5.56 Å². The molecule has 6 aromatic carbocycles. The molecule has 8 nitrogen and oxygen atoms in total. The van der Waals surface area contributed by atoms with Crippen LogP contribution in [0.25, 0.3) is 10.8 Å². The lowest BCUT2D eigenvalue weighted by molar-refractivity contribution is -0.0840. The Balaban J connectivity index is 0.000000181. The highest BCUT2D eigenvalue weighted by molar-refractivity contribution is 5.91. The zero-order valence-corrected chi connectivity index (χ0v) is 66.0. The molecule has 7 aliphatic rings. The molecule has 7 aliphatic carbocycles. The van der Waals surface area contributed by atoms with Gasteiger partial charge in [0.1, 0.15) is 0 Å². The van der Waals surface area contributed by atoms with Crippen LogP contribution < -0.4 is 0 Å². The van der Waals surface area contributed by atoms with Crippen molar-refractivity contribution in [1.29, 1.82) is 0 Å². The van der Waals surface area contributed by atoms with E-state index in [4.69, 9.17) is 37.9 Å². The van der Waals surface area contributed by atoms with E-state index in [1.807, 2.05) is 13.8 Å². The average Bonchev–Trinajstić information content (AvgIpc) is 1.57. The van der Waals surface area contributed by atoms with Crippen LogP contribution in [0.2, 0.25) is 0 Å². The molecule has 0 saturated heterocycles. The summed E-state index contributed by atoms with van der Waals surface area (Å²) in [4.78, 5) is 0. The lowest BCUT2D eigenvalue weighted by Crippen LogP contribution is -2.42. The Kier molecular flexibility index (Phi) is 38.3. The van der Waals surface area contributed by atoms with E-state index < -0.39 is 0 Å². The number of aryl methyl sites for hydroxylation is 4. The van der Waals surface area contributed by atoms with Crippen molar-refractivity contribution in [2.24, 2.45) is 34.0 Å². The van der Waals surface area contributed by atoms with E-state index in [0.717, 1.165) is 123 Å². The highest BCUT2D eigenvalue weighted by Gasteiger charge is 2.60. The van der Waals surface area contributed by atoms with Gasteiger partial charge in [-0.3, -0.25) is 0 Å². The smallest absolute Gasteiger partial charge is 0.0827 e. The van der Waals surface area contributed by atoms with E-state index in [1.165, 1.54) is 157 Å². The maximum absolute atomic E-state index is 5.96. The summed E-state index contributed by atoms with van der Waals surface area (Å²) >= 11 is 0. The van der Waals surface area contributed by atoms with Crippen molar-refractivity contribution >= 4 is 10.8 Å². The molecule has 2 bridgehead atoms. The van der Waals surface area contributed by atoms with Crippen molar-refractivity contribution in [3.63, 3.8) is 0 Å². The monoisotopic (exact) mass is 1370 g/mol. The van der Waals surface area contributed by atoms with Gasteiger partial charge in [0.05, 0.1) is 31.5 Å². The second-order valence-electron chi connectivity index (χ2n) is 31.2. The standard InChI is InChI=1S/C15H16O.2C13H18O.C12H22O.2C12H16O.C8H18O.C7H16O/c1-2-16-10-13-9-12-7-3-5-11-6-4-8-14(13)15(11)12;1-2-14-10-12-8-5-7-11-6-3-4-9-13(11)12;1-2-14-10-11-7-8-12-5-3-4-6-13(12)9-11;1-5-13-10-11(2,3)9-6-7-12(10,4)8-9;1-2-13-12-9-5-7-10-6-3-4-8-11(10)12;1-2-13-12-8-7-10-5-3-4-6-11(10)9-12;1-5-9-7-6-8(2,3)4;1-4-8-6-5-7(2)3/h3-8,13H,2,9-10H2,1H3;3-4,6,9,12H,2,5,7-8,10H2,1H3;3-6,11H,2,7-10H2,1H3;9-10H,5-8H2,1-4H3;3-4,6,8,12H,2,5,7,9H2,1H3;3-6,12H,2,7-9H2,1H3;5-7H2,1-4H3;7H,4-6H2,1-3H3. The van der Waals surface area contributed by atoms with Crippen molar-refractivity contribution < 1.29 is 37.9 Å². The highest BCUT2D eigenvalue weighted by Crippen LogP contribution is 2.63. The number of fused-ring (bicyclic) bond motifs is 6. The number of hydrogen-bond acceptors (Lipinski definition) is 8. The van der Waals surface area contributed by atoms with E-state index >= 15 is 0 Å². The Bertz CT molecular complexity index is 3150. The summed E-state index contributed by atoms with van der Waals surface area (Å²) in [6.07, 6.45) is 23.7. The fraction of sp³-hybridized carbons (Fsp3) is 0.630. The van der Waals surface area contributed by atoms with Crippen molar-refractivity contribution in [1.82, 2.24) is 0 Å². The number of ether oxygens (including phenoxy) is 8. The van der Waals surface area contributed by atoms with Gasteiger partial charge in [-0.05, 0) is 271 Å². The second kappa shape index (κ2) is 45.5. The van der Waals surface area contributed by atoms with Crippen molar-refractivity contribution in [3.05, 3.63) is 189 Å². The van der Waals surface area contributed by atoms with Gasteiger partial charge in [-0.2, -0.15) is 0 Å². The summed E-state index contributed by atoms with van der Waals surface area (Å²) < 4.78 is 44.3. The SMILES string of the molecule is CCOC1C2(C)CCC(C2)C1(C)C.CCOC1CCCc2ccccc21.CCOC1CCc2ccccc2C1.CCOCC1CCCc2ccccc21.CCOCC1CCc2ccccc2C1.CCOCC1Cc2cccc3cccc1c23.CCOCCC(C)(C)C.CCOCCC(C)C. The van der Waals surface area contributed by atoms with Gasteiger partial charge in [-0.15, -0.1) is 0 Å². The molecule has 8 atom stereocenters. The van der Waals surface area contributed by atoms with Gasteiger partial charge < -0.3 is 37.9 Å². The molecule has 100 heavy (non-hydrogen) atoms. The van der Waals surface area contributed by atoms with E-state index in [0.29, 0.717) is 46.4 Å². The van der Waals surface area contributed by atoms with Gasteiger partial charge in [0.25, 0.3) is 0 Å². The molecular weight excluding hydrogens is 1230 g/mol. The van der Waals surface area contributed by atoms with Gasteiger partial charge in [-0.25, -0.2) is 0 Å². The summed E-state index contributed by atoms with van der Waals surface area (Å²) in [7, 11) is 0. The first-order valence-electron chi connectivity index (χ1n) is 39.9. The molecule has 6 aromatic rings. The summed E-state index contributed by atoms with van der Waals surface area (Å²) in [5.74, 6) is 3.63. The molecule has 556 valence electrons. The van der Waals surface area contributed by atoms with E-state index in [-0.39, 0.29) is 0 Å². The molecule has 8 heteroatoms. The lowest BCUT2D eigenvalue weighted by atomic mass is 9.70. The molecule has 0 aromatic heterocycles. The van der Waals surface area contributed by atoms with E-state index in [9.17, 15) is 0 Å². The molecule has 0 amide bonds. The molecule has 2 saturated carbocycles. The van der Waals surface area contributed by atoms with Gasteiger partial charge in [-0.1, -0.05) is 189 Å². The van der Waals surface area contributed by atoms with Crippen LogP contribution in [0.1, 0.15) is 255 Å². The lowest BCUT2D eigenvalue weighted by Gasteiger charge is -2.42. The van der Waals surface area contributed by atoms with Crippen LogP contribution in [0.4, 0.5) is 0 Å². The molecule has 0 N–H and O–H groups in total. The third-order valence-corrected chi connectivity index (χ3v) is 21.6. The summed E-state index contributed by atoms with van der Waals surface area (Å²) in [5.41, 5.74) is 16.3. The first-order valence-corrected chi connectivity index (χ1v) is 39.9. The Labute approximate surface area is 610 Å². The molecular formula is C92H140O8. The van der Waals surface area contributed by atoms with Crippen LogP contribution in [0.15, 0.2) is 133 Å². The third kappa shape index (κ3) is 27.4. The van der Waals surface area contributed by atoms with Gasteiger partial charge in [0.15, 0.2) is 0 Å². The minimum Gasteiger partial charge on any atom is -0.382 e. The minimum absolute atomic E-state index is 0.356. The topological polar surface area (TPSA) is 73.8 Å². The van der Waals surface area contributed by atoms with Crippen LogP contribution in [0.3, 0.4) is 0 Å². The Morgan fingerprint density at radius 2 is 0.940 bits per heavy atom. The van der Waals surface area contributed by atoms with E-state index in [2.05, 4.69) is 230 Å². The molecule has 0 aliphatic heterocycles. The number of rotatable bonds is 22. The van der Waals surface area contributed by atoms with Crippen molar-refractivity contribution in [2.75, 3.05) is 85.9 Å². The predicted octanol–water partition coefficient (Wildman–Crippen LogP) is 22.9. The van der Waals surface area contributed by atoms with Crippen molar-refractivity contribution in [3.8, 4) is 0 Å². The molecule has 0 radical (unpaired) electrons. The molecule has 0 heterocycles. The molecule has 13 rings (SSSR count). The normalized spacial score (nSPS) is 22.2. The molecule has 2 fully saturated rings. The summed E-state index contributed by atoms with van der Waals surface area (Å²) in [6, 6.07) is 48.2. The van der Waals surface area contributed by atoms with Crippen LogP contribution in [-0.2, 0) is 82.8 Å². The zero-order chi connectivity index (χ0) is 72.2. The third-order valence-electron chi connectivity index (χ3n) is 21.6. The summed E-state index contributed by atoms with van der Waals surface area (Å²) in [6.45, 7) is 46.0.